The van der Waals surface area contributed by atoms with Crippen molar-refractivity contribution >= 4 is 11.8 Å². The molecule has 2 atom stereocenters. The number of carbonyl (C=O) groups excluding carboxylic acids is 2. The maximum Gasteiger partial charge on any atom is 0.276 e. The minimum atomic E-state index is -0.890. The first-order chi connectivity index (χ1) is 14.6. The molecular weight excluding hydrogens is 403 g/mol. The van der Waals surface area contributed by atoms with E-state index in [1.165, 1.54) is 35.0 Å². The van der Waals surface area contributed by atoms with Crippen LogP contribution in [-0.4, -0.2) is 56.6 Å². The van der Waals surface area contributed by atoms with Gasteiger partial charge in [-0.25, -0.2) is 4.39 Å². The summed E-state index contributed by atoms with van der Waals surface area (Å²) in [6, 6.07) is 5.87. The second-order valence-corrected chi connectivity index (χ2v) is 8.43. The Labute approximate surface area is 178 Å². The number of pyridine rings is 1. The van der Waals surface area contributed by atoms with Gasteiger partial charge in [-0.2, -0.15) is 0 Å². The Morgan fingerprint density at radius 3 is 2.65 bits per heavy atom. The number of amides is 2. The molecule has 1 unspecified atom stereocenters. The fraction of sp³-hybridized carbons (Fsp3) is 0.409. The highest BCUT2D eigenvalue weighted by Gasteiger charge is 2.49. The first-order valence-corrected chi connectivity index (χ1v) is 10.2. The zero-order chi connectivity index (χ0) is 22.5. The second kappa shape index (κ2) is 7.49. The number of nitrogens with zero attached hydrogens (tertiary/aromatic N) is 3. The first kappa shape index (κ1) is 21.0. The number of nitrogens with one attached hydrogen (secondary N) is 1. The predicted octanol–water partition coefficient (Wildman–Crippen LogP) is 1.52. The van der Waals surface area contributed by atoms with Crippen LogP contribution in [0.25, 0.3) is 0 Å². The highest BCUT2D eigenvalue weighted by molar-refractivity contribution is 5.99. The maximum absolute atomic E-state index is 13.1. The zero-order valence-electron chi connectivity index (χ0n) is 17.7. The fourth-order valence-corrected chi connectivity index (χ4v) is 4.42. The summed E-state index contributed by atoms with van der Waals surface area (Å²) in [5.74, 6) is -2.21. The second-order valence-electron chi connectivity index (χ2n) is 8.43. The third-order valence-electron chi connectivity index (χ3n) is 6.56. The molecule has 2 amide bonds. The third-order valence-corrected chi connectivity index (χ3v) is 6.56. The van der Waals surface area contributed by atoms with Crippen molar-refractivity contribution in [3.05, 3.63) is 63.3 Å². The van der Waals surface area contributed by atoms with Crippen molar-refractivity contribution in [2.75, 3.05) is 13.6 Å². The van der Waals surface area contributed by atoms with Crippen molar-refractivity contribution in [3.8, 4) is 5.75 Å². The smallest absolute Gasteiger partial charge is 0.276 e. The van der Waals surface area contributed by atoms with Gasteiger partial charge < -0.3 is 19.9 Å². The van der Waals surface area contributed by atoms with Crippen molar-refractivity contribution in [1.29, 1.82) is 0 Å². The maximum atomic E-state index is 13.1. The molecule has 31 heavy (non-hydrogen) atoms. The van der Waals surface area contributed by atoms with Crippen LogP contribution in [0, 0.1) is 5.82 Å². The number of halogens is 1. The van der Waals surface area contributed by atoms with E-state index in [0.717, 1.165) is 6.42 Å². The number of aromatic hydroxyl groups is 1. The summed E-state index contributed by atoms with van der Waals surface area (Å²) >= 11 is 0. The van der Waals surface area contributed by atoms with Gasteiger partial charge in [-0.3, -0.25) is 19.3 Å². The molecule has 0 radical (unpaired) electrons. The zero-order valence-corrected chi connectivity index (χ0v) is 17.7. The molecule has 0 spiro atoms. The minimum absolute atomic E-state index is 0.0890. The number of carbonyl (C=O) groups is 2. The SMILES string of the molecule is C[C@H]1CCN2C(=O)c3c(O)c(=O)c(C(=O)NCc4ccc(F)cc4)cn3CC2(C)N1C. The monoisotopic (exact) mass is 428 g/mol. The number of benzene rings is 1. The Hall–Kier alpha value is -3.20. The lowest BCUT2D eigenvalue weighted by molar-refractivity contribution is -0.0869. The van der Waals surface area contributed by atoms with Gasteiger partial charge in [-0.15, -0.1) is 0 Å². The van der Waals surface area contributed by atoms with Gasteiger partial charge in [0, 0.05) is 25.3 Å². The molecule has 8 nitrogen and oxygen atoms in total. The van der Waals surface area contributed by atoms with Crippen molar-refractivity contribution in [1.82, 2.24) is 19.7 Å². The van der Waals surface area contributed by atoms with Gasteiger partial charge in [0.05, 0.1) is 6.54 Å². The van der Waals surface area contributed by atoms with Crippen LogP contribution in [-0.2, 0) is 13.1 Å². The number of fused-ring (bicyclic) bond motifs is 2. The lowest BCUT2D eigenvalue weighted by atomic mass is 9.95. The van der Waals surface area contributed by atoms with Gasteiger partial charge in [0.1, 0.15) is 17.0 Å². The molecule has 4 rings (SSSR count). The van der Waals surface area contributed by atoms with E-state index in [9.17, 15) is 23.9 Å². The molecule has 0 bridgehead atoms. The van der Waals surface area contributed by atoms with Crippen LogP contribution in [0.5, 0.6) is 5.75 Å². The van der Waals surface area contributed by atoms with E-state index in [4.69, 9.17) is 0 Å². The number of likely N-dealkylation sites (N-methyl/N-ethyl adjacent to an activating group) is 1. The van der Waals surface area contributed by atoms with Crippen LogP contribution in [0.1, 0.15) is 46.7 Å². The Kier molecular flexibility index (Phi) is 5.09. The predicted molar refractivity (Wildman–Crippen MR) is 111 cm³/mol. The quantitative estimate of drug-likeness (QED) is 0.773. The number of hydrogen-bond acceptors (Lipinski definition) is 5. The van der Waals surface area contributed by atoms with E-state index in [2.05, 4.69) is 17.1 Å². The molecule has 1 aromatic carbocycles. The van der Waals surface area contributed by atoms with Gasteiger partial charge in [0.25, 0.3) is 11.8 Å². The van der Waals surface area contributed by atoms with E-state index < -0.39 is 28.7 Å². The largest absolute Gasteiger partial charge is 0.503 e. The lowest BCUT2D eigenvalue weighted by Crippen LogP contribution is -2.69. The van der Waals surface area contributed by atoms with E-state index in [1.807, 2.05) is 14.0 Å². The molecule has 1 fully saturated rings. The Morgan fingerprint density at radius 1 is 1.29 bits per heavy atom. The molecule has 2 aromatic rings. The van der Waals surface area contributed by atoms with Crippen LogP contribution in [0.2, 0.25) is 0 Å². The normalized spacial score (nSPS) is 23.3. The van der Waals surface area contributed by atoms with Crippen molar-refractivity contribution in [3.63, 3.8) is 0 Å². The summed E-state index contributed by atoms with van der Waals surface area (Å²) in [7, 11) is 1.94. The van der Waals surface area contributed by atoms with Crippen molar-refractivity contribution in [2.24, 2.45) is 0 Å². The van der Waals surface area contributed by atoms with Crippen LogP contribution in [0.15, 0.2) is 35.3 Å². The van der Waals surface area contributed by atoms with Crippen LogP contribution in [0.3, 0.4) is 0 Å². The molecule has 9 heteroatoms. The fourth-order valence-electron chi connectivity index (χ4n) is 4.42. The molecule has 2 aliphatic rings. The number of aromatic nitrogens is 1. The molecule has 2 N–H and O–H groups in total. The summed E-state index contributed by atoms with van der Waals surface area (Å²) in [6.07, 6.45) is 2.12. The van der Waals surface area contributed by atoms with E-state index in [0.29, 0.717) is 18.7 Å². The standard InChI is InChI=1S/C22H25FN4O4/c1-13-8-9-27-21(31)17-19(29)18(28)16(11-26(17)12-22(27,2)25(13)3)20(30)24-10-14-4-6-15(23)7-5-14/h4-7,11,13,29H,8-10,12H2,1-3H3,(H,24,30)/t13-,22?/m0/s1. The Balaban J connectivity index is 1.67. The third kappa shape index (κ3) is 3.38. The lowest BCUT2D eigenvalue weighted by Gasteiger charge is -2.56. The molecule has 2 aliphatic heterocycles. The number of hydrogen-bond donors (Lipinski definition) is 2. The summed E-state index contributed by atoms with van der Waals surface area (Å²) in [5, 5.41) is 13.1. The summed E-state index contributed by atoms with van der Waals surface area (Å²) < 4.78 is 14.5. The highest BCUT2D eigenvalue weighted by Crippen LogP contribution is 2.36. The molecule has 3 heterocycles. The number of rotatable bonds is 3. The first-order valence-electron chi connectivity index (χ1n) is 10.2. The van der Waals surface area contributed by atoms with Gasteiger partial charge in [0.2, 0.25) is 5.43 Å². The van der Waals surface area contributed by atoms with Gasteiger partial charge in [0.15, 0.2) is 11.4 Å². The average molecular weight is 428 g/mol. The van der Waals surface area contributed by atoms with E-state index >= 15 is 0 Å². The van der Waals surface area contributed by atoms with Crippen molar-refractivity contribution in [2.45, 2.75) is 45.1 Å². The van der Waals surface area contributed by atoms with Crippen molar-refractivity contribution < 1.29 is 19.1 Å². The van der Waals surface area contributed by atoms with Gasteiger partial charge in [-0.1, -0.05) is 12.1 Å². The van der Waals surface area contributed by atoms with Crippen LogP contribution >= 0.6 is 0 Å². The van der Waals surface area contributed by atoms with Gasteiger partial charge >= 0.3 is 0 Å². The average Bonchev–Trinajstić information content (AvgIpc) is 2.73. The molecule has 0 saturated carbocycles. The highest BCUT2D eigenvalue weighted by atomic mass is 19.1. The molecule has 1 saturated heterocycles. The van der Waals surface area contributed by atoms with E-state index in [1.54, 1.807) is 4.90 Å². The summed E-state index contributed by atoms with van der Waals surface area (Å²) in [4.78, 5) is 42.3. The summed E-state index contributed by atoms with van der Waals surface area (Å²) in [5.41, 5.74) is -1.22. The molecule has 1 aromatic heterocycles. The van der Waals surface area contributed by atoms with E-state index in [-0.39, 0.29) is 29.7 Å². The summed E-state index contributed by atoms with van der Waals surface area (Å²) in [6.45, 7) is 4.94. The minimum Gasteiger partial charge on any atom is -0.503 e. The molecular formula is C22H25FN4O4. The Bertz CT molecular complexity index is 1110. The van der Waals surface area contributed by atoms with Crippen LogP contribution in [0.4, 0.5) is 4.39 Å². The molecule has 164 valence electrons. The van der Waals surface area contributed by atoms with Crippen LogP contribution < -0.4 is 10.7 Å². The Morgan fingerprint density at radius 2 is 1.97 bits per heavy atom. The molecule has 0 aliphatic carbocycles. The topological polar surface area (TPSA) is 94.9 Å². The van der Waals surface area contributed by atoms with Gasteiger partial charge in [-0.05, 0) is 45.0 Å².